The van der Waals surface area contributed by atoms with Crippen LogP contribution < -0.4 is 5.73 Å². The minimum absolute atomic E-state index is 0.0302. The van der Waals surface area contributed by atoms with Crippen molar-refractivity contribution in [1.82, 2.24) is 4.90 Å². The summed E-state index contributed by atoms with van der Waals surface area (Å²) in [5.41, 5.74) is 7.52. The van der Waals surface area contributed by atoms with Gasteiger partial charge >= 0.3 is 0 Å². The van der Waals surface area contributed by atoms with E-state index >= 15 is 0 Å². The van der Waals surface area contributed by atoms with Crippen LogP contribution in [-0.2, 0) is 0 Å². The first-order valence-electron chi connectivity index (χ1n) is 7.95. The molecular weight excluding hydrogens is 284 g/mol. The molecule has 118 valence electrons. The topological polar surface area (TPSA) is 49.5 Å². The first-order valence-corrected chi connectivity index (χ1v) is 8.33. The Bertz CT molecular complexity index is 454. The van der Waals surface area contributed by atoms with Crippen LogP contribution in [0, 0.1) is 0 Å². The maximum Gasteiger partial charge on any atom is 0.0695 e. The number of hydrogen-bond acceptors (Lipinski definition) is 3. The Kier molecular flexibility index (Phi) is 6.06. The predicted molar refractivity (Wildman–Crippen MR) is 88.5 cm³/mol. The van der Waals surface area contributed by atoms with E-state index in [1.165, 1.54) is 6.42 Å². The van der Waals surface area contributed by atoms with Crippen molar-refractivity contribution in [2.45, 2.75) is 63.3 Å². The SMILES string of the molecule is CCC(N)C(c1cccc(Cl)c1)N(C)C1CCCCC1O. The molecular formula is C17H27ClN2O. The number of nitrogens with zero attached hydrogens (tertiary/aromatic N) is 1. The Hall–Kier alpha value is -0.610. The lowest BCUT2D eigenvalue weighted by Gasteiger charge is -2.42. The molecule has 3 nitrogen and oxygen atoms in total. The lowest BCUT2D eigenvalue weighted by molar-refractivity contribution is 0.00644. The van der Waals surface area contributed by atoms with Gasteiger partial charge in [-0.15, -0.1) is 0 Å². The van der Waals surface area contributed by atoms with Crippen LogP contribution in [0.2, 0.25) is 5.02 Å². The fourth-order valence-electron chi connectivity index (χ4n) is 3.47. The summed E-state index contributed by atoms with van der Waals surface area (Å²) in [7, 11) is 2.08. The highest BCUT2D eigenvalue weighted by atomic mass is 35.5. The van der Waals surface area contributed by atoms with E-state index in [4.69, 9.17) is 17.3 Å². The monoisotopic (exact) mass is 310 g/mol. The molecule has 1 saturated carbocycles. The summed E-state index contributed by atoms with van der Waals surface area (Å²) >= 11 is 6.15. The van der Waals surface area contributed by atoms with Crippen molar-refractivity contribution in [2.24, 2.45) is 5.73 Å². The molecule has 3 N–H and O–H groups in total. The zero-order chi connectivity index (χ0) is 15.4. The molecule has 4 unspecified atom stereocenters. The second-order valence-electron chi connectivity index (χ2n) is 6.16. The second-order valence-corrected chi connectivity index (χ2v) is 6.59. The fourth-order valence-corrected chi connectivity index (χ4v) is 3.67. The smallest absolute Gasteiger partial charge is 0.0695 e. The van der Waals surface area contributed by atoms with Gasteiger partial charge in [0.1, 0.15) is 0 Å². The van der Waals surface area contributed by atoms with Crippen LogP contribution in [0.15, 0.2) is 24.3 Å². The highest BCUT2D eigenvalue weighted by molar-refractivity contribution is 6.30. The first kappa shape index (κ1) is 16.8. The zero-order valence-electron chi connectivity index (χ0n) is 13.0. The molecule has 0 bridgehead atoms. The Morgan fingerprint density at radius 1 is 1.38 bits per heavy atom. The second kappa shape index (κ2) is 7.59. The third-order valence-electron chi connectivity index (χ3n) is 4.72. The van der Waals surface area contributed by atoms with Gasteiger partial charge in [0.15, 0.2) is 0 Å². The van der Waals surface area contributed by atoms with Gasteiger partial charge in [-0.25, -0.2) is 0 Å². The van der Waals surface area contributed by atoms with Crippen LogP contribution >= 0.6 is 11.6 Å². The average molecular weight is 311 g/mol. The van der Waals surface area contributed by atoms with Crippen LogP contribution in [-0.4, -0.2) is 35.2 Å². The predicted octanol–water partition coefficient (Wildman–Crippen LogP) is 3.35. The van der Waals surface area contributed by atoms with E-state index in [-0.39, 0.29) is 24.2 Å². The number of nitrogens with two attached hydrogens (primary N) is 1. The molecule has 4 heteroatoms. The summed E-state index contributed by atoms with van der Waals surface area (Å²) in [4.78, 5) is 2.27. The third kappa shape index (κ3) is 3.98. The molecule has 0 heterocycles. The molecule has 1 aliphatic rings. The van der Waals surface area contributed by atoms with Crippen LogP contribution in [0.1, 0.15) is 50.6 Å². The van der Waals surface area contributed by atoms with E-state index in [0.29, 0.717) is 0 Å². The van der Waals surface area contributed by atoms with Crippen LogP contribution in [0.3, 0.4) is 0 Å². The van der Waals surface area contributed by atoms with Crippen molar-refractivity contribution in [3.63, 3.8) is 0 Å². The molecule has 0 spiro atoms. The number of hydrogen-bond donors (Lipinski definition) is 2. The number of likely N-dealkylation sites (N-methyl/N-ethyl adjacent to an activating group) is 1. The Labute approximate surface area is 133 Å². The minimum atomic E-state index is -0.255. The van der Waals surface area contributed by atoms with Gasteiger partial charge in [0, 0.05) is 17.1 Å². The quantitative estimate of drug-likeness (QED) is 0.877. The molecule has 2 rings (SSSR count). The van der Waals surface area contributed by atoms with Gasteiger partial charge in [0.05, 0.1) is 12.1 Å². The van der Waals surface area contributed by atoms with E-state index in [9.17, 15) is 5.11 Å². The Balaban J connectivity index is 2.26. The Morgan fingerprint density at radius 2 is 2.10 bits per heavy atom. The molecule has 0 aliphatic heterocycles. The fraction of sp³-hybridized carbons (Fsp3) is 0.647. The number of aliphatic hydroxyl groups is 1. The molecule has 1 aromatic rings. The highest BCUT2D eigenvalue weighted by Gasteiger charge is 2.33. The van der Waals surface area contributed by atoms with Crippen molar-refractivity contribution >= 4 is 11.6 Å². The maximum absolute atomic E-state index is 10.3. The molecule has 1 aliphatic carbocycles. The van der Waals surface area contributed by atoms with E-state index in [0.717, 1.165) is 36.3 Å². The summed E-state index contributed by atoms with van der Waals surface area (Å²) in [5.74, 6) is 0. The highest BCUT2D eigenvalue weighted by Crippen LogP contribution is 2.32. The molecule has 0 radical (unpaired) electrons. The normalized spacial score (nSPS) is 25.8. The summed E-state index contributed by atoms with van der Waals surface area (Å²) < 4.78 is 0. The van der Waals surface area contributed by atoms with E-state index in [1.807, 2.05) is 18.2 Å². The van der Waals surface area contributed by atoms with Gasteiger partial charge in [0.25, 0.3) is 0 Å². The van der Waals surface area contributed by atoms with E-state index in [2.05, 4.69) is 24.9 Å². The third-order valence-corrected chi connectivity index (χ3v) is 4.96. The molecule has 1 fully saturated rings. The lowest BCUT2D eigenvalue weighted by atomic mass is 9.88. The number of aliphatic hydroxyl groups excluding tert-OH is 1. The summed E-state index contributed by atoms with van der Waals surface area (Å²) in [6, 6.07) is 8.23. The van der Waals surface area contributed by atoms with Gasteiger partial charge < -0.3 is 10.8 Å². The average Bonchev–Trinajstić information content (AvgIpc) is 2.47. The molecule has 1 aromatic carbocycles. The van der Waals surface area contributed by atoms with Crippen LogP contribution in [0.4, 0.5) is 0 Å². The van der Waals surface area contributed by atoms with Crippen molar-refractivity contribution in [3.8, 4) is 0 Å². The molecule has 0 saturated heterocycles. The number of halogens is 1. The van der Waals surface area contributed by atoms with Crippen molar-refractivity contribution < 1.29 is 5.11 Å². The summed E-state index contributed by atoms with van der Waals surface area (Å²) in [6.45, 7) is 2.10. The number of benzene rings is 1. The van der Waals surface area contributed by atoms with E-state index in [1.54, 1.807) is 0 Å². The van der Waals surface area contributed by atoms with Crippen molar-refractivity contribution in [3.05, 3.63) is 34.9 Å². The molecule has 21 heavy (non-hydrogen) atoms. The van der Waals surface area contributed by atoms with Gasteiger partial charge in [-0.3, -0.25) is 4.90 Å². The van der Waals surface area contributed by atoms with Crippen LogP contribution in [0.25, 0.3) is 0 Å². The molecule has 0 aromatic heterocycles. The van der Waals surface area contributed by atoms with Gasteiger partial charge in [-0.2, -0.15) is 0 Å². The summed E-state index contributed by atoms with van der Waals surface area (Å²) in [5, 5.41) is 11.1. The standard InChI is InChI=1S/C17H27ClN2O/c1-3-14(19)17(12-7-6-8-13(18)11-12)20(2)15-9-4-5-10-16(15)21/h6-8,11,14-17,21H,3-5,9-10,19H2,1-2H3. The van der Waals surface area contributed by atoms with E-state index < -0.39 is 0 Å². The number of rotatable bonds is 5. The first-order chi connectivity index (χ1) is 10.0. The summed E-state index contributed by atoms with van der Waals surface area (Å²) in [6.07, 6.45) is 4.85. The molecule has 4 atom stereocenters. The van der Waals surface area contributed by atoms with Crippen molar-refractivity contribution in [1.29, 1.82) is 0 Å². The Morgan fingerprint density at radius 3 is 2.71 bits per heavy atom. The van der Waals surface area contributed by atoms with Gasteiger partial charge in [-0.1, -0.05) is 43.5 Å². The van der Waals surface area contributed by atoms with Gasteiger partial charge in [-0.05, 0) is 44.0 Å². The van der Waals surface area contributed by atoms with Crippen LogP contribution in [0.5, 0.6) is 0 Å². The minimum Gasteiger partial charge on any atom is -0.391 e. The largest absolute Gasteiger partial charge is 0.391 e. The van der Waals surface area contributed by atoms with Crippen molar-refractivity contribution in [2.75, 3.05) is 7.05 Å². The molecule has 0 amide bonds. The maximum atomic E-state index is 10.3. The van der Waals surface area contributed by atoms with Gasteiger partial charge in [0.2, 0.25) is 0 Å². The zero-order valence-corrected chi connectivity index (χ0v) is 13.8. The lowest BCUT2D eigenvalue weighted by Crippen LogP contribution is -2.49.